The highest BCUT2D eigenvalue weighted by Gasteiger charge is 2.31. The first-order chi connectivity index (χ1) is 11.6. The van der Waals surface area contributed by atoms with Gasteiger partial charge in [-0.3, -0.25) is 9.59 Å². The zero-order chi connectivity index (χ0) is 17.1. The molecule has 0 spiro atoms. The second-order valence-corrected chi connectivity index (χ2v) is 6.94. The van der Waals surface area contributed by atoms with Crippen LogP contribution >= 0.6 is 11.3 Å². The smallest absolute Gasteiger partial charge is 0.306 e. The van der Waals surface area contributed by atoms with Crippen molar-refractivity contribution in [1.82, 2.24) is 5.32 Å². The van der Waals surface area contributed by atoms with Crippen molar-refractivity contribution in [3.8, 4) is 16.2 Å². The summed E-state index contributed by atoms with van der Waals surface area (Å²) in [4.78, 5) is 25.1. The number of amides is 1. The summed E-state index contributed by atoms with van der Waals surface area (Å²) < 4.78 is 5.35. The molecule has 0 unspecified atom stereocenters. The maximum atomic E-state index is 12.6. The molecule has 1 amide bonds. The van der Waals surface area contributed by atoms with Crippen LogP contribution in [-0.2, 0) is 4.79 Å². The van der Waals surface area contributed by atoms with Gasteiger partial charge in [-0.05, 0) is 30.9 Å². The number of aliphatic carboxylic acids is 1. The summed E-state index contributed by atoms with van der Waals surface area (Å²) in [6.45, 7) is 0. The van der Waals surface area contributed by atoms with Gasteiger partial charge in [-0.25, -0.2) is 0 Å². The van der Waals surface area contributed by atoms with Crippen molar-refractivity contribution in [2.75, 3.05) is 7.11 Å². The molecule has 0 saturated heterocycles. The number of nitrogens with one attached hydrogen (secondary N) is 1. The van der Waals surface area contributed by atoms with Crippen LogP contribution in [0.1, 0.15) is 28.9 Å². The minimum absolute atomic E-state index is 0.0921. The molecule has 1 aliphatic carbocycles. The number of carboxylic acids is 1. The Hall–Kier alpha value is -2.34. The molecule has 0 bridgehead atoms. The molecule has 6 heteroatoms. The van der Waals surface area contributed by atoms with Gasteiger partial charge in [-0.1, -0.05) is 30.3 Å². The minimum atomic E-state index is -0.785. The van der Waals surface area contributed by atoms with Gasteiger partial charge in [-0.2, -0.15) is 0 Å². The normalized spacial score (nSPS) is 19.9. The summed E-state index contributed by atoms with van der Waals surface area (Å²) in [5.41, 5.74) is 1.03. The SMILES string of the molecule is COc1cc(-c2ccccc2)sc1C(=O)N[C@@H]1CC[C@H](C(=O)O)C1. The highest BCUT2D eigenvalue weighted by molar-refractivity contribution is 7.17. The third-order valence-electron chi connectivity index (χ3n) is 4.30. The number of ether oxygens (including phenoxy) is 1. The lowest BCUT2D eigenvalue weighted by molar-refractivity contribution is -0.141. The Bertz CT molecular complexity index is 741. The fourth-order valence-corrected chi connectivity index (χ4v) is 4.05. The predicted molar refractivity (Wildman–Crippen MR) is 92.5 cm³/mol. The Morgan fingerprint density at radius 2 is 2.00 bits per heavy atom. The Labute approximate surface area is 144 Å². The van der Waals surface area contributed by atoms with E-state index >= 15 is 0 Å². The maximum absolute atomic E-state index is 12.6. The van der Waals surface area contributed by atoms with Crippen molar-refractivity contribution in [1.29, 1.82) is 0 Å². The molecule has 2 atom stereocenters. The van der Waals surface area contributed by atoms with Crippen LogP contribution in [0.25, 0.3) is 10.4 Å². The maximum Gasteiger partial charge on any atom is 0.306 e. The Morgan fingerprint density at radius 3 is 2.62 bits per heavy atom. The topological polar surface area (TPSA) is 75.6 Å². The first-order valence-corrected chi connectivity index (χ1v) is 8.67. The first-order valence-electron chi connectivity index (χ1n) is 7.85. The van der Waals surface area contributed by atoms with E-state index in [1.54, 1.807) is 7.11 Å². The third-order valence-corrected chi connectivity index (χ3v) is 5.46. The van der Waals surface area contributed by atoms with E-state index in [1.165, 1.54) is 11.3 Å². The van der Waals surface area contributed by atoms with Crippen LogP contribution in [0.3, 0.4) is 0 Å². The number of hydrogen-bond donors (Lipinski definition) is 2. The van der Waals surface area contributed by atoms with Crippen molar-refractivity contribution in [2.45, 2.75) is 25.3 Å². The van der Waals surface area contributed by atoms with Gasteiger partial charge in [0.2, 0.25) is 0 Å². The zero-order valence-corrected chi connectivity index (χ0v) is 14.1. The van der Waals surface area contributed by atoms with E-state index in [0.29, 0.717) is 29.9 Å². The van der Waals surface area contributed by atoms with Crippen LogP contribution < -0.4 is 10.1 Å². The fourth-order valence-electron chi connectivity index (χ4n) is 3.02. The lowest BCUT2D eigenvalue weighted by Gasteiger charge is -2.12. The number of carbonyl (C=O) groups is 2. The van der Waals surface area contributed by atoms with E-state index in [-0.39, 0.29) is 17.9 Å². The lowest BCUT2D eigenvalue weighted by Crippen LogP contribution is -2.33. The summed E-state index contributed by atoms with van der Waals surface area (Å²) in [5.74, 6) is -0.800. The largest absolute Gasteiger partial charge is 0.495 e. The van der Waals surface area contributed by atoms with E-state index < -0.39 is 5.97 Å². The molecule has 1 heterocycles. The van der Waals surface area contributed by atoms with E-state index in [1.807, 2.05) is 36.4 Å². The third kappa shape index (κ3) is 3.43. The van der Waals surface area contributed by atoms with Gasteiger partial charge in [0.05, 0.1) is 13.0 Å². The van der Waals surface area contributed by atoms with Crippen LogP contribution in [0, 0.1) is 5.92 Å². The van der Waals surface area contributed by atoms with Crippen molar-refractivity contribution < 1.29 is 19.4 Å². The van der Waals surface area contributed by atoms with Crippen molar-refractivity contribution in [3.63, 3.8) is 0 Å². The molecule has 0 aliphatic heterocycles. The molecular weight excluding hydrogens is 326 g/mol. The van der Waals surface area contributed by atoms with Crippen LogP contribution in [-0.4, -0.2) is 30.1 Å². The number of carboxylic acid groups (broad SMARTS) is 1. The molecule has 1 aromatic carbocycles. The van der Waals surface area contributed by atoms with Gasteiger partial charge >= 0.3 is 5.97 Å². The molecule has 126 valence electrons. The molecular formula is C18H19NO4S. The van der Waals surface area contributed by atoms with E-state index in [4.69, 9.17) is 9.84 Å². The van der Waals surface area contributed by atoms with Crippen LogP contribution in [0.4, 0.5) is 0 Å². The molecule has 24 heavy (non-hydrogen) atoms. The first kappa shape index (κ1) is 16.5. The van der Waals surface area contributed by atoms with Gasteiger partial charge in [0.15, 0.2) is 0 Å². The van der Waals surface area contributed by atoms with Crippen molar-refractivity contribution in [3.05, 3.63) is 41.3 Å². The highest BCUT2D eigenvalue weighted by Crippen LogP contribution is 2.36. The van der Waals surface area contributed by atoms with Crippen LogP contribution in [0.15, 0.2) is 36.4 Å². The number of thiophene rings is 1. The van der Waals surface area contributed by atoms with Crippen LogP contribution in [0.5, 0.6) is 5.75 Å². The Morgan fingerprint density at radius 1 is 1.25 bits per heavy atom. The van der Waals surface area contributed by atoms with Crippen molar-refractivity contribution >= 4 is 23.2 Å². The summed E-state index contributed by atoms with van der Waals surface area (Å²) in [7, 11) is 1.55. The van der Waals surface area contributed by atoms with Gasteiger partial charge in [-0.15, -0.1) is 11.3 Å². The second kappa shape index (κ2) is 7.05. The highest BCUT2D eigenvalue weighted by atomic mass is 32.1. The predicted octanol–water partition coefficient (Wildman–Crippen LogP) is 3.41. The molecule has 2 N–H and O–H groups in total. The average Bonchev–Trinajstić information content (AvgIpc) is 3.22. The molecule has 2 aromatic rings. The second-order valence-electron chi connectivity index (χ2n) is 5.89. The molecule has 0 radical (unpaired) electrons. The molecule has 1 aromatic heterocycles. The van der Waals surface area contributed by atoms with Gasteiger partial charge in [0.1, 0.15) is 10.6 Å². The van der Waals surface area contributed by atoms with Crippen molar-refractivity contribution in [2.24, 2.45) is 5.92 Å². The van der Waals surface area contributed by atoms with E-state index in [0.717, 1.165) is 10.4 Å². The lowest BCUT2D eigenvalue weighted by atomic mass is 10.1. The quantitative estimate of drug-likeness (QED) is 0.871. The average molecular weight is 345 g/mol. The summed E-state index contributed by atoms with van der Waals surface area (Å²) >= 11 is 1.38. The Balaban J connectivity index is 1.75. The van der Waals surface area contributed by atoms with Gasteiger partial charge in [0.25, 0.3) is 5.91 Å². The molecule has 5 nitrogen and oxygen atoms in total. The Kier molecular flexibility index (Phi) is 4.85. The number of benzene rings is 1. The van der Waals surface area contributed by atoms with E-state index in [2.05, 4.69) is 5.32 Å². The summed E-state index contributed by atoms with van der Waals surface area (Å²) in [6, 6.07) is 11.6. The minimum Gasteiger partial charge on any atom is -0.495 e. The monoisotopic (exact) mass is 345 g/mol. The number of methoxy groups -OCH3 is 1. The number of rotatable bonds is 5. The van der Waals surface area contributed by atoms with E-state index in [9.17, 15) is 9.59 Å². The fraction of sp³-hybridized carbons (Fsp3) is 0.333. The number of hydrogen-bond acceptors (Lipinski definition) is 4. The number of carbonyl (C=O) groups excluding carboxylic acids is 1. The zero-order valence-electron chi connectivity index (χ0n) is 13.3. The summed E-state index contributed by atoms with van der Waals surface area (Å²) in [6.07, 6.45) is 1.79. The standard InChI is InChI=1S/C18H19NO4S/c1-23-14-10-15(11-5-3-2-4-6-11)24-16(14)17(20)19-13-8-7-12(9-13)18(21)22/h2-6,10,12-13H,7-9H2,1H3,(H,19,20)(H,21,22)/t12-,13+/m0/s1. The molecule has 3 rings (SSSR count). The van der Waals surface area contributed by atoms with Gasteiger partial charge < -0.3 is 15.2 Å². The molecule has 1 fully saturated rings. The molecule has 1 aliphatic rings. The van der Waals surface area contributed by atoms with Crippen LogP contribution in [0.2, 0.25) is 0 Å². The van der Waals surface area contributed by atoms with Gasteiger partial charge in [0, 0.05) is 10.9 Å². The molecule has 1 saturated carbocycles. The summed E-state index contributed by atoms with van der Waals surface area (Å²) in [5, 5.41) is 12.0.